The van der Waals surface area contributed by atoms with E-state index in [9.17, 15) is 14.9 Å². The van der Waals surface area contributed by atoms with Crippen LogP contribution in [0.25, 0.3) is 11.3 Å². The van der Waals surface area contributed by atoms with E-state index in [2.05, 4.69) is 20.6 Å². The molecule has 0 bridgehead atoms. The maximum absolute atomic E-state index is 12.4. The number of carbonyl (C=O) groups excluding carboxylic acids is 1. The molecule has 0 aliphatic heterocycles. The van der Waals surface area contributed by atoms with E-state index in [0.29, 0.717) is 27.5 Å². The molecule has 3 N–H and O–H groups in total. The normalized spacial score (nSPS) is 10.3. The van der Waals surface area contributed by atoms with Crippen molar-refractivity contribution in [3.05, 3.63) is 93.6 Å². The summed E-state index contributed by atoms with van der Waals surface area (Å²) < 4.78 is 4.90. The second-order valence-electron chi connectivity index (χ2n) is 6.43. The van der Waals surface area contributed by atoms with Gasteiger partial charge < -0.3 is 15.1 Å². The number of aromatic nitrogens is 2. The van der Waals surface area contributed by atoms with E-state index in [1.54, 1.807) is 54.6 Å². The molecule has 2 heterocycles. The molecule has 0 unspecified atom stereocenters. The molecule has 0 aliphatic rings. The van der Waals surface area contributed by atoms with Gasteiger partial charge in [-0.25, -0.2) is 4.98 Å². The van der Waals surface area contributed by atoms with Gasteiger partial charge in [0.05, 0.1) is 17.5 Å². The quantitative estimate of drug-likeness (QED) is 0.425. The fourth-order valence-electron chi connectivity index (χ4n) is 2.82. The highest BCUT2D eigenvalue weighted by Crippen LogP contribution is 2.24. The molecule has 0 saturated carbocycles. The predicted octanol–water partition coefficient (Wildman–Crippen LogP) is 4.55. The third-order valence-corrected chi connectivity index (χ3v) is 4.59. The number of nitriles is 1. The van der Waals surface area contributed by atoms with Gasteiger partial charge in [0.25, 0.3) is 11.5 Å². The first-order chi connectivity index (χ1) is 15.0. The van der Waals surface area contributed by atoms with Crippen molar-refractivity contribution in [2.24, 2.45) is 0 Å². The SMILES string of the molecule is N#Cc1c(-c2ccc(NC(=O)c3ccoc3)cc2)nc(Nc2ccc(Cl)cc2)[nH]c1=O. The Kier molecular flexibility index (Phi) is 5.51. The summed E-state index contributed by atoms with van der Waals surface area (Å²) in [5, 5.41) is 15.7. The molecule has 152 valence electrons. The van der Waals surface area contributed by atoms with Gasteiger partial charge in [-0.1, -0.05) is 23.7 Å². The van der Waals surface area contributed by atoms with Crippen LogP contribution in [0.1, 0.15) is 15.9 Å². The molecule has 0 saturated heterocycles. The van der Waals surface area contributed by atoms with Crippen LogP contribution in [-0.4, -0.2) is 15.9 Å². The Morgan fingerprint density at radius 3 is 2.42 bits per heavy atom. The van der Waals surface area contributed by atoms with E-state index in [4.69, 9.17) is 16.0 Å². The van der Waals surface area contributed by atoms with E-state index in [-0.39, 0.29) is 23.1 Å². The van der Waals surface area contributed by atoms with Crippen LogP contribution in [0.5, 0.6) is 0 Å². The van der Waals surface area contributed by atoms with E-state index >= 15 is 0 Å². The number of nitrogens with one attached hydrogen (secondary N) is 3. The molecular formula is C22H14ClN5O3. The number of furan rings is 1. The summed E-state index contributed by atoms with van der Waals surface area (Å²) in [6.45, 7) is 0. The van der Waals surface area contributed by atoms with Crippen molar-refractivity contribution in [2.75, 3.05) is 10.6 Å². The molecule has 1 amide bonds. The van der Waals surface area contributed by atoms with Crippen LogP contribution in [0.15, 0.2) is 76.3 Å². The van der Waals surface area contributed by atoms with E-state index < -0.39 is 5.56 Å². The predicted molar refractivity (Wildman–Crippen MR) is 116 cm³/mol. The van der Waals surface area contributed by atoms with Gasteiger partial charge in [-0.05, 0) is 42.5 Å². The Labute approximate surface area is 181 Å². The van der Waals surface area contributed by atoms with Gasteiger partial charge in [-0.3, -0.25) is 14.6 Å². The highest BCUT2D eigenvalue weighted by Gasteiger charge is 2.14. The van der Waals surface area contributed by atoms with Gasteiger partial charge in [0.2, 0.25) is 5.95 Å². The van der Waals surface area contributed by atoms with E-state index in [1.165, 1.54) is 12.5 Å². The smallest absolute Gasteiger partial charge is 0.270 e. The standard InChI is InChI=1S/C22H14ClN5O3/c23-15-3-7-17(8-4-15)26-22-27-19(18(11-24)21(30)28-22)13-1-5-16(6-2-13)25-20(29)14-9-10-31-12-14/h1-10,12H,(H,25,29)(H2,26,27,28,30). The summed E-state index contributed by atoms with van der Waals surface area (Å²) in [5.41, 5.74) is 1.68. The summed E-state index contributed by atoms with van der Waals surface area (Å²) >= 11 is 5.89. The van der Waals surface area contributed by atoms with Crippen LogP contribution in [-0.2, 0) is 0 Å². The van der Waals surface area contributed by atoms with Gasteiger partial charge in [0.1, 0.15) is 17.9 Å². The van der Waals surface area contributed by atoms with Crippen molar-refractivity contribution in [1.29, 1.82) is 5.26 Å². The summed E-state index contributed by atoms with van der Waals surface area (Å²) in [6, 6.07) is 17.0. The van der Waals surface area contributed by atoms with Gasteiger partial charge in [-0.15, -0.1) is 0 Å². The zero-order valence-corrected chi connectivity index (χ0v) is 16.6. The maximum atomic E-state index is 12.4. The van der Waals surface area contributed by atoms with Crippen LogP contribution in [0, 0.1) is 11.3 Å². The first-order valence-electron chi connectivity index (χ1n) is 9.04. The maximum Gasteiger partial charge on any atom is 0.270 e. The molecule has 0 atom stereocenters. The van der Waals surface area contributed by atoms with Crippen LogP contribution in [0.3, 0.4) is 0 Å². The number of anilines is 3. The minimum absolute atomic E-state index is 0.114. The average molecular weight is 432 g/mol. The zero-order chi connectivity index (χ0) is 21.8. The number of halogens is 1. The van der Waals surface area contributed by atoms with Crippen molar-refractivity contribution in [3.8, 4) is 17.3 Å². The summed E-state index contributed by atoms with van der Waals surface area (Å²) in [6.07, 6.45) is 2.76. The van der Waals surface area contributed by atoms with Crippen LogP contribution in [0.4, 0.5) is 17.3 Å². The van der Waals surface area contributed by atoms with Crippen LogP contribution in [0.2, 0.25) is 5.02 Å². The molecule has 31 heavy (non-hydrogen) atoms. The minimum atomic E-state index is -0.568. The number of H-pyrrole nitrogens is 1. The number of hydrogen-bond acceptors (Lipinski definition) is 6. The van der Waals surface area contributed by atoms with Crippen molar-refractivity contribution >= 4 is 34.8 Å². The molecule has 2 aromatic carbocycles. The van der Waals surface area contributed by atoms with Crippen molar-refractivity contribution < 1.29 is 9.21 Å². The van der Waals surface area contributed by atoms with E-state index in [0.717, 1.165) is 0 Å². The monoisotopic (exact) mass is 431 g/mol. The van der Waals surface area contributed by atoms with Gasteiger partial charge in [-0.2, -0.15) is 5.26 Å². The molecule has 9 heteroatoms. The van der Waals surface area contributed by atoms with Crippen molar-refractivity contribution in [2.45, 2.75) is 0 Å². The number of benzene rings is 2. The third kappa shape index (κ3) is 4.47. The molecule has 4 aromatic rings. The lowest BCUT2D eigenvalue weighted by molar-refractivity contribution is 0.102. The minimum Gasteiger partial charge on any atom is -0.472 e. The van der Waals surface area contributed by atoms with Crippen molar-refractivity contribution in [1.82, 2.24) is 9.97 Å². The average Bonchev–Trinajstić information content (AvgIpc) is 3.31. The number of hydrogen-bond donors (Lipinski definition) is 3. The lowest BCUT2D eigenvalue weighted by Gasteiger charge is -2.10. The Bertz CT molecular complexity index is 1320. The first kappa shape index (κ1) is 19.9. The first-order valence-corrected chi connectivity index (χ1v) is 9.42. The zero-order valence-electron chi connectivity index (χ0n) is 15.8. The molecule has 8 nitrogen and oxygen atoms in total. The van der Waals surface area contributed by atoms with E-state index in [1.807, 2.05) is 6.07 Å². The fraction of sp³-hybridized carbons (Fsp3) is 0. The molecule has 0 spiro atoms. The van der Waals surface area contributed by atoms with Gasteiger partial charge in [0, 0.05) is 22.0 Å². The fourth-order valence-corrected chi connectivity index (χ4v) is 2.95. The lowest BCUT2D eigenvalue weighted by Crippen LogP contribution is -2.16. The number of amides is 1. The van der Waals surface area contributed by atoms with Crippen molar-refractivity contribution in [3.63, 3.8) is 0 Å². The number of carbonyl (C=O) groups is 1. The molecule has 0 aliphatic carbocycles. The summed E-state index contributed by atoms with van der Waals surface area (Å²) in [4.78, 5) is 31.5. The molecule has 0 radical (unpaired) electrons. The van der Waals surface area contributed by atoms with Gasteiger partial charge >= 0.3 is 0 Å². The second kappa shape index (κ2) is 8.57. The summed E-state index contributed by atoms with van der Waals surface area (Å²) in [7, 11) is 0. The molecule has 4 rings (SSSR count). The number of rotatable bonds is 5. The Hall–Kier alpha value is -4.35. The Morgan fingerprint density at radius 2 is 1.77 bits per heavy atom. The number of nitrogens with zero attached hydrogens (tertiary/aromatic N) is 2. The Morgan fingerprint density at radius 1 is 1.06 bits per heavy atom. The highest BCUT2D eigenvalue weighted by molar-refractivity contribution is 6.30. The largest absolute Gasteiger partial charge is 0.472 e. The van der Waals surface area contributed by atoms with Crippen LogP contribution < -0.4 is 16.2 Å². The lowest BCUT2D eigenvalue weighted by atomic mass is 10.1. The highest BCUT2D eigenvalue weighted by atomic mass is 35.5. The molecule has 0 fully saturated rings. The summed E-state index contributed by atoms with van der Waals surface area (Å²) in [5.74, 6) is -0.137. The molecular weight excluding hydrogens is 418 g/mol. The molecule has 2 aromatic heterocycles. The number of aromatic amines is 1. The Balaban J connectivity index is 1.62. The topological polar surface area (TPSA) is 124 Å². The van der Waals surface area contributed by atoms with Crippen LogP contribution >= 0.6 is 11.6 Å². The second-order valence-corrected chi connectivity index (χ2v) is 6.86. The third-order valence-electron chi connectivity index (χ3n) is 4.34. The van der Waals surface area contributed by atoms with Gasteiger partial charge in [0.15, 0.2) is 0 Å².